The lowest BCUT2D eigenvalue weighted by Gasteiger charge is -2.39. The first-order valence-electron chi connectivity index (χ1n) is 8.43. The van der Waals surface area contributed by atoms with Crippen molar-refractivity contribution in [3.8, 4) is 5.75 Å². The second-order valence-corrected chi connectivity index (χ2v) is 7.30. The first-order valence-corrected chi connectivity index (χ1v) is 9.19. The Bertz CT molecular complexity index is 873. The lowest BCUT2D eigenvalue weighted by atomic mass is 10.0. The van der Waals surface area contributed by atoms with Crippen molar-refractivity contribution in [1.29, 1.82) is 0 Å². The van der Waals surface area contributed by atoms with Crippen LogP contribution in [0.3, 0.4) is 0 Å². The predicted octanol–water partition coefficient (Wildman–Crippen LogP) is 3.95. The molecule has 2 N–H and O–H groups in total. The summed E-state index contributed by atoms with van der Waals surface area (Å²) in [5, 5.41) is 5.37. The highest BCUT2D eigenvalue weighted by atomic mass is 35.5. The van der Waals surface area contributed by atoms with Crippen LogP contribution in [-0.4, -0.2) is 29.6 Å². The van der Waals surface area contributed by atoms with Gasteiger partial charge in [-0.05, 0) is 36.2 Å². The SMILES string of the molecule is CC(C)C1Nc2ccccc2C(=O)N1NC(=O)COc1ccc(Cl)cc1Cl. The maximum absolute atomic E-state index is 12.8. The number of hydrogen-bond donors (Lipinski definition) is 2. The van der Waals surface area contributed by atoms with Crippen LogP contribution in [0.4, 0.5) is 5.69 Å². The minimum Gasteiger partial charge on any atom is -0.482 e. The molecule has 1 unspecified atom stereocenters. The number of carbonyl (C=O) groups is 2. The van der Waals surface area contributed by atoms with Gasteiger partial charge in [-0.3, -0.25) is 15.0 Å². The van der Waals surface area contributed by atoms with Crippen LogP contribution in [0.15, 0.2) is 42.5 Å². The van der Waals surface area contributed by atoms with Gasteiger partial charge in [0, 0.05) is 10.7 Å². The Morgan fingerprint density at radius 2 is 2.00 bits per heavy atom. The number of rotatable bonds is 5. The van der Waals surface area contributed by atoms with Crippen molar-refractivity contribution in [3.63, 3.8) is 0 Å². The molecule has 0 bridgehead atoms. The van der Waals surface area contributed by atoms with Gasteiger partial charge in [0.2, 0.25) is 0 Å². The van der Waals surface area contributed by atoms with E-state index in [9.17, 15) is 9.59 Å². The van der Waals surface area contributed by atoms with Crippen LogP contribution in [0.5, 0.6) is 5.75 Å². The van der Waals surface area contributed by atoms with Crippen molar-refractivity contribution in [3.05, 3.63) is 58.1 Å². The summed E-state index contributed by atoms with van der Waals surface area (Å²) in [5.74, 6) is -0.346. The lowest BCUT2D eigenvalue weighted by molar-refractivity contribution is -0.128. The van der Waals surface area contributed by atoms with Crippen LogP contribution in [0.2, 0.25) is 10.0 Å². The molecule has 0 spiro atoms. The molecule has 0 saturated heterocycles. The first kappa shape index (κ1) is 19.3. The normalized spacial score (nSPS) is 16.0. The monoisotopic (exact) mass is 407 g/mol. The summed E-state index contributed by atoms with van der Waals surface area (Å²) in [6, 6.07) is 11.9. The molecule has 0 fully saturated rings. The van der Waals surface area contributed by atoms with Gasteiger partial charge in [0.05, 0.1) is 10.6 Å². The van der Waals surface area contributed by atoms with E-state index >= 15 is 0 Å². The highest BCUT2D eigenvalue weighted by Crippen LogP contribution is 2.28. The van der Waals surface area contributed by atoms with Crippen LogP contribution >= 0.6 is 23.2 Å². The molecule has 1 aliphatic rings. The van der Waals surface area contributed by atoms with Gasteiger partial charge in [-0.25, -0.2) is 5.01 Å². The average molecular weight is 408 g/mol. The van der Waals surface area contributed by atoms with Crippen molar-refractivity contribution in [2.24, 2.45) is 5.92 Å². The Kier molecular flexibility index (Phi) is 5.77. The first-order chi connectivity index (χ1) is 12.9. The fourth-order valence-corrected chi connectivity index (χ4v) is 3.23. The molecule has 8 heteroatoms. The highest BCUT2D eigenvalue weighted by Gasteiger charge is 2.34. The Hall–Kier alpha value is -2.44. The fourth-order valence-electron chi connectivity index (χ4n) is 2.76. The minimum atomic E-state index is -0.471. The molecule has 0 aromatic heterocycles. The van der Waals surface area contributed by atoms with Crippen LogP contribution in [-0.2, 0) is 4.79 Å². The number of hydrogen-bond acceptors (Lipinski definition) is 4. The molecule has 2 amide bonds. The molecule has 3 rings (SSSR count). The topological polar surface area (TPSA) is 70.7 Å². The third kappa shape index (κ3) is 4.28. The van der Waals surface area contributed by atoms with E-state index in [-0.39, 0.29) is 24.6 Å². The van der Waals surface area contributed by atoms with Crippen molar-refractivity contribution >= 4 is 40.7 Å². The van der Waals surface area contributed by atoms with E-state index in [0.717, 1.165) is 5.69 Å². The van der Waals surface area contributed by atoms with E-state index in [1.54, 1.807) is 24.3 Å². The number of nitrogens with one attached hydrogen (secondary N) is 2. The van der Waals surface area contributed by atoms with E-state index in [1.807, 2.05) is 26.0 Å². The number of amides is 2. The number of benzene rings is 2. The largest absolute Gasteiger partial charge is 0.482 e. The summed E-state index contributed by atoms with van der Waals surface area (Å²) in [5.41, 5.74) is 3.87. The average Bonchev–Trinajstić information content (AvgIpc) is 2.63. The van der Waals surface area contributed by atoms with E-state index in [4.69, 9.17) is 27.9 Å². The summed E-state index contributed by atoms with van der Waals surface area (Å²) in [6.45, 7) is 3.63. The fraction of sp³-hybridized carbons (Fsp3) is 0.263. The van der Waals surface area contributed by atoms with Gasteiger partial charge in [-0.15, -0.1) is 0 Å². The number of para-hydroxylation sites is 1. The molecule has 0 saturated carbocycles. The molecule has 0 aliphatic carbocycles. The molecule has 2 aromatic rings. The highest BCUT2D eigenvalue weighted by molar-refractivity contribution is 6.35. The van der Waals surface area contributed by atoms with Gasteiger partial charge in [-0.2, -0.15) is 0 Å². The van der Waals surface area contributed by atoms with Crippen LogP contribution in [0.1, 0.15) is 24.2 Å². The Labute approximate surface area is 167 Å². The van der Waals surface area contributed by atoms with Gasteiger partial charge in [0.25, 0.3) is 11.8 Å². The van der Waals surface area contributed by atoms with E-state index in [2.05, 4.69) is 10.7 Å². The van der Waals surface area contributed by atoms with Gasteiger partial charge in [0.1, 0.15) is 11.9 Å². The third-order valence-corrected chi connectivity index (χ3v) is 4.62. The van der Waals surface area contributed by atoms with Crippen molar-refractivity contribution < 1.29 is 14.3 Å². The summed E-state index contributed by atoms with van der Waals surface area (Å²) in [4.78, 5) is 25.2. The molecule has 1 atom stereocenters. The summed E-state index contributed by atoms with van der Waals surface area (Å²) >= 11 is 11.9. The minimum absolute atomic E-state index is 0.0641. The third-order valence-electron chi connectivity index (χ3n) is 4.09. The second-order valence-electron chi connectivity index (χ2n) is 6.45. The van der Waals surface area contributed by atoms with Gasteiger partial charge in [0.15, 0.2) is 6.61 Å². The van der Waals surface area contributed by atoms with Gasteiger partial charge < -0.3 is 10.1 Å². The quantitative estimate of drug-likeness (QED) is 0.786. The molecule has 1 aliphatic heterocycles. The smallest absolute Gasteiger partial charge is 0.276 e. The number of nitrogens with zero attached hydrogens (tertiary/aromatic N) is 1. The zero-order valence-corrected chi connectivity index (χ0v) is 16.3. The van der Waals surface area contributed by atoms with Crippen molar-refractivity contribution in [1.82, 2.24) is 10.4 Å². The number of hydrazine groups is 1. The maximum atomic E-state index is 12.8. The summed E-state index contributed by atoms with van der Waals surface area (Å²) in [6.07, 6.45) is -0.379. The Morgan fingerprint density at radius 3 is 2.70 bits per heavy atom. The Morgan fingerprint density at radius 1 is 1.26 bits per heavy atom. The number of ether oxygens (including phenoxy) is 1. The summed E-state index contributed by atoms with van der Waals surface area (Å²) < 4.78 is 5.43. The van der Waals surface area contributed by atoms with E-state index in [0.29, 0.717) is 21.4 Å². The van der Waals surface area contributed by atoms with Gasteiger partial charge in [-0.1, -0.05) is 49.2 Å². The molecule has 27 heavy (non-hydrogen) atoms. The number of halogens is 2. The zero-order chi connectivity index (χ0) is 19.6. The van der Waals surface area contributed by atoms with E-state index in [1.165, 1.54) is 11.1 Å². The van der Waals surface area contributed by atoms with Gasteiger partial charge >= 0.3 is 0 Å². The molecule has 1 heterocycles. The zero-order valence-electron chi connectivity index (χ0n) is 14.8. The summed E-state index contributed by atoms with van der Waals surface area (Å²) in [7, 11) is 0. The standard InChI is InChI=1S/C19H19Cl2N3O3/c1-11(2)18-22-15-6-4-3-5-13(15)19(26)24(18)23-17(25)10-27-16-8-7-12(20)9-14(16)21/h3-9,11,18,22H,10H2,1-2H3,(H,23,25). The molecule has 6 nitrogen and oxygen atoms in total. The second kappa shape index (κ2) is 8.06. The predicted molar refractivity (Wildman–Crippen MR) is 105 cm³/mol. The number of carbonyl (C=O) groups excluding carboxylic acids is 2. The molecular formula is C19H19Cl2N3O3. The van der Waals surface area contributed by atoms with Crippen molar-refractivity contribution in [2.75, 3.05) is 11.9 Å². The maximum Gasteiger partial charge on any atom is 0.276 e. The lowest BCUT2D eigenvalue weighted by Crippen LogP contribution is -2.59. The number of anilines is 1. The molecule has 0 radical (unpaired) electrons. The van der Waals surface area contributed by atoms with Crippen molar-refractivity contribution in [2.45, 2.75) is 20.0 Å². The molecule has 2 aromatic carbocycles. The van der Waals surface area contributed by atoms with E-state index < -0.39 is 5.91 Å². The Balaban J connectivity index is 1.70. The van der Waals surface area contributed by atoms with Crippen LogP contribution in [0, 0.1) is 5.92 Å². The van der Waals surface area contributed by atoms with Crippen LogP contribution < -0.4 is 15.5 Å². The molecular weight excluding hydrogens is 389 g/mol. The van der Waals surface area contributed by atoms with Crippen LogP contribution in [0.25, 0.3) is 0 Å². The molecule has 142 valence electrons. The number of fused-ring (bicyclic) bond motifs is 1.